The molecule has 7 aliphatic rings. The van der Waals surface area contributed by atoms with Gasteiger partial charge in [-0.1, -0.05) is 20.1 Å². The van der Waals surface area contributed by atoms with E-state index in [9.17, 15) is 30.0 Å². The largest absolute Gasteiger partial charge is 0.394 e. The van der Waals surface area contributed by atoms with Crippen molar-refractivity contribution in [1.82, 2.24) is 0 Å². The third kappa shape index (κ3) is 10.0. The lowest BCUT2D eigenvalue weighted by atomic mass is 9.81. The first-order chi connectivity index (χ1) is 25.9. The minimum Gasteiger partial charge on any atom is -0.394 e. The number of ketones is 2. The zero-order valence-corrected chi connectivity index (χ0v) is 32.6. The number of aliphatic hydroxyl groups is 4. The molecule has 8 bridgehead atoms. The quantitative estimate of drug-likeness (QED) is 0.203. The number of thiol groups is 1. The van der Waals surface area contributed by atoms with Crippen molar-refractivity contribution in [2.45, 2.75) is 181 Å². The average molecular weight is 783 g/mol. The molecule has 54 heavy (non-hydrogen) atoms. The van der Waals surface area contributed by atoms with Gasteiger partial charge in [-0.3, -0.25) is 9.59 Å². The highest BCUT2D eigenvalue weighted by Crippen LogP contribution is 2.42. The molecule has 0 saturated carbocycles. The lowest BCUT2D eigenvalue weighted by molar-refractivity contribution is -0.156. The summed E-state index contributed by atoms with van der Waals surface area (Å²) in [5.74, 6) is -0.216. The molecule has 7 aliphatic heterocycles. The average Bonchev–Trinajstić information content (AvgIpc) is 3.76. The van der Waals surface area contributed by atoms with Gasteiger partial charge in [-0.05, 0) is 62.0 Å². The number of methoxy groups -OCH3 is 1. The Kier molecular flexibility index (Phi) is 14.9. The summed E-state index contributed by atoms with van der Waals surface area (Å²) in [4.78, 5) is 26.9. The van der Waals surface area contributed by atoms with E-state index in [1.54, 1.807) is 7.11 Å². The molecule has 0 aromatic carbocycles. The minimum absolute atomic E-state index is 0.00643. The van der Waals surface area contributed by atoms with Crippen LogP contribution in [-0.4, -0.2) is 143 Å². The van der Waals surface area contributed by atoms with Gasteiger partial charge in [0, 0.05) is 51.6 Å². The highest BCUT2D eigenvalue weighted by Gasteiger charge is 2.49. The molecule has 7 rings (SSSR count). The van der Waals surface area contributed by atoms with Crippen molar-refractivity contribution in [3.05, 3.63) is 24.3 Å². The molecule has 0 spiro atoms. The van der Waals surface area contributed by atoms with E-state index < -0.39 is 73.1 Å². The van der Waals surface area contributed by atoms with Crippen LogP contribution in [0.5, 0.6) is 0 Å². The fourth-order valence-electron chi connectivity index (χ4n) is 9.53. The van der Waals surface area contributed by atoms with E-state index in [4.69, 9.17) is 33.2 Å². The fraction of sp³-hybridized carbons (Fsp3) is 0.850. The molecule has 7 fully saturated rings. The lowest BCUT2D eigenvalue weighted by Gasteiger charge is -2.38. The van der Waals surface area contributed by atoms with Gasteiger partial charge in [-0.2, -0.15) is 0 Å². The van der Waals surface area contributed by atoms with Crippen LogP contribution >= 0.6 is 12.6 Å². The first-order valence-corrected chi connectivity index (χ1v) is 20.5. The second kappa shape index (κ2) is 19.0. The van der Waals surface area contributed by atoms with Crippen molar-refractivity contribution in [3.8, 4) is 0 Å². The second-order valence-electron chi connectivity index (χ2n) is 16.5. The molecule has 0 amide bonds. The van der Waals surface area contributed by atoms with Gasteiger partial charge in [0.05, 0.1) is 80.4 Å². The Balaban J connectivity index is 1.20. The smallest absolute Gasteiger partial charge is 0.135 e. The Morgan fingerprint density at radius 1 is 0.796 bits per heavy atom. The van der Waals surface area contributed by atoms with Gasteiger partial charge in [0.25, 0.3) is 0 Å². The molecule has 0 radical (unpaired) electrons. The Bertz CT molecular complexity index is 1310. The number of hydrogen-bond acceptors (Lipinski definition) is 14. The fourth-order valence-corrected chi connectivity index (χ4v) is 9.92. The number of Topliss-reactive ketones (excluding diaryl/α,β-unsaturated/α-hetero) is 2. The topological polar surface area (TPSA) is 180 Å². The molecule has 17 atom stereocenters. The first-order valence-electron chi connectivity index (χ1n) is 20.0. The summed E-state index contributed by atoms with van der Waals surface area (Å²) in [7, 11) is 1.58. The maximum atomic E-state index is 13.8. The molecule has 0 aliphatic carbocycles. The van der Waals surface area contributed by atoms with Crippen LogP contribution in [0, 0.1) is 11.8 Å². The van der Waals surface area contributed by atoms with Crippen LogP contribution in [0.15, 0.2) is 24.3 Å². The number of hydrogen-bond donors (Lipinski definition) is 5. The summed E-state index contributed by atoms with van der Waals surface area (Å²) in [5, 5.41) is 41.3. The normalized spacial score (nSPS) is 45.1. The highest BCUT2D eigenvalue weighted by atomic mass is 32.1. The van der Waals surface area contributed by atoms with Crippen molar-refractivity contribution in [2.75, 3.05) is 20.3 Å². The Labute approximate surface area is 324 Å². The lowest BCUT2D eigenvalue weighted by Crippen LogP contribution is -2.45. The first kappa shape index (κ1) is 42.3. The Morgan fingerprint density at radius 3 is 2.24 bits per heavy atom. The van der Waals surface area contributed by atoms with Crippen LogP contribution in [0.3, 0.4) is 0 Å². The second-order valence-corrected chi connectivity index (χ2v) is 17.0. The van der Waals surface area contributed by atoms with Crippen LogP contribution < -0.4 is 0 Å². The molecule has 0 aromatic heterocycles. The van der Waals surface area contributed by atoms with Crippen molar-refractivity contribution in [2.24, 2.45) is 11.8 Å². The number of carbonyl (C=O) groups excluding carboxylic acids is 2. The molecule has 7 heterocycles. The molecule has 7 saturated heterocycles. The summed E-state index contributed by atoms with van der Waals surface area (Å²) in [6.45, 7) is 10.1. The number of ether oxygens (including phenoxy) is 7. The van der Waals surface area contributed by atoms with Crippen molar-refractivity contribution < 1.29 is 63.2 Å². The monoisotopic (exact) mass is 782 g/mol. The van der Waals surface area contributed by atoms with Crippen LogP contribution in [0.1, 0.15) is 90.4 Å². The number of aliphatic hydroxyl groups excluding tert-OH is 4. The number of fused-ring (bicyclic) bond motifs is 8. The standard InChI is InChI=1S/C40H62O13S/c1-20-11-27-7-9-30-21(2)12-26(48-30)6-5-23(43)15-34-37(46)39(36(19-42)52-34)53-31-10-8-28(50-40(31)54)13-24(44)14-29-33(17-32(49-27)22(20)3)51-35(38(29)47-4)16-25(45)18-41/h20,25-42,45-46,54H,2-3,5-19H2,1,4H3/t20-,25?,26?,27?,28?,29?,30?,31?,32-,33+,34-,35?,36?,37?,38-,39-,40-/m1/s1. The third-order valence-corrected chi connectivity index (χ3v) is 13.0. The number of rotatable bonds is 5. The maximum absolute atomic E-state index is 13.8. The van der Waals surface area contributed by atoms with E-state index in [0.29, 0.717) is 32.1 Å². The summed E-state index contributed by atoms with van der Waals surface area (Å²) >= 11 is 4.65. The van der Waals surface area contributed by atoms with Gasteiger partial charge in [-0.15, -0.1) is 12.6 Å². The van der Waals surface area contributed by atoms with E-state index in [0.717, 1.165) is 30.4 Å². The molecule has 0 aromatic rings. The Hall–Kier alpha value is -1.27. The van der Waals surface area contributed by atoms with Gasteiger partial charge in [0.15, 0.2) is 0 Å². The van der Waals surface area contributed by atoms with Crippen LogP contribution in [0.2, 0.25) is 0 Å². The molecule has 14 heteroatoms. The van der Waals surface area contributed by atoms with E-state index in [1.807, 2.05) is 0 Å². The number of carbonyl (C=O) groups is 2. The highest BCUT2D eigenvalue weighted by molar-refractivity contribution is 7.80. The predicted molar refractivity (Wildman–Crippen MR) is 199 cm³/mol. The zero-order chi connectivity index (χ0) is 38.7. The van der Waals surface area contributed by atoms with Crippen LogP contribution in [0.25, 0.3) is 0 Å². The van der Waals surface area contributed by atoms with Crippen LogP contribution in [-0.2, 0) is 42.7 Å². The summed E-state index contributed by atoms with van der Waals surface area (Å²) in [6.07, 6.45) is -1.93. The summed E-state index contributed by atoms with van der Waals surface area (Å²) in [6, 6.07) is 0. The zero-order valence-electron chi connectivity index (χ0n) is 31.7. The minimum atomic E-state index is -1.13. The maximum Gasteiger partial charge on any atom is 0.135 e. The third-order valence-electron chi connectivity index (χ3n) is 12.6. The van der Waals surface area contributed by atoms with E-state index >= 15 is 0 Å². The predicted octanol–water partition coefficient (Wildman–Crippen LogP) is 2.77. The molecule has 4 N–H and O–H groups in total. The van der Waals surface area contributed by atoms with Gasteiger partial charge < -0.3 is 53.6 Å². The molecule has 13 nitrogen and oxygen atoms in total. The molecule has 306 valence electrons. The van der Waals surface area contributed by atoms with Crippen molar-refractivity contribution in [3.63, 3.8) is 0 Å². The van der Waals surface area contributed by atoms with E-state index in [1.165, 1.54) is 0 Å². The van der Waals surface area contributed by atoms with Crippen LogP contribution in [0.4, 0.5) is 0 Å². The summed E-state index contributed by atoms with van der Waals surface area (Å²) < 4.78 is 44.0. The van der Waals surface area contributed by atoms with E-state index in [2.05, 4.69) is 32.7 Å². The molecule has 10 unspecified atom stereocenters. The Morgan fingerprint density at radius 2 is 1.52 bits per heavy atom. The van der Waals surface area contributed by atoms with Gasteiger partial charge in [-0.25, -0.2) is 0 Å². The van der Waals surface area contributed by atoms with E-state index in [-0.39, 0.29) is 86.5 Å². The van der Waals surface area contributed by atoms with Gasteiger partial charge >= 0.3 is 0 Å². The van der Waals surface area contributed by atoms with Gasteiger partial charge in [0.2, 0.25) is 0 Å². The molecular weight excluding hydrogens is 720 g/mol. The van der Waals surface area contributed by atoms with Gasteiger partial charge in [0.1, 0.15) is 35.3 Å². The van der Waals surface area contributed by atoms with Crippen molar-refractivity contribution in [1.29, 1.82) is 0 Å². The SMILES string of the molecule is C=C1CC2CCC(=O)C[C@H]3OC(CO)[C@@H](OC4CCC(CC(=O)CC5[C@@H](OC)C(CC(O)CO)O[C@H]5C[C@H]5OC(CCC1O2)C[C@@H](C)C5=C)O[C@@H]4S)C3O. The summed E-state index contributed by atoms with van der Waals surface area (Å²) in [5.41, 5.74) is 1.29. The molecular formula is C40H62O13S. The van der Waals surface area contributed by atoms with Crippen molar-refractivity contribution >= 4 is 24.2 Å².